The highest BCUT2D eigenvalue weighted by Crippen LogP contribution is 2.69. The van der Waals surface area contributed by atoms with E-state index in [0.717, 1.165) is 28.0 Å². The summed E-state index contributed by atoms with van der Waals surface area (Å²) in [5, 5.41) is 0. The summed E-state index contributed by atoms with van der Waals surface area (Å²) in [5.74, 6) is 1.95. The summed E-state index contributed by atoms with van der Waals surface area (Å²) >= 11 is 9.51. The van der Waals surface area contributed by atoms with E-state index < -0.39 is 0 Å². The number of alkyl halides is 1. The van der Waals surface area contributed by atoms with Crippen molar-refractivity contribution in [1.82, 2.24) is 14.5 Å². The molecule has 0 saturated heterocycles. The molecule has 108 valence electrons. The lowest BCUT2D eigenvalue weighted by molar-refractivity contribution is 0.457. The van der Waals surface area contributed by atoms with Gasteiger partial charge in [-0.3, -0.25) is 0 Å². The minimum atomic E-state index is 0.350. The van der Waals surface area contributed by atoms with Gasteiger partial charge >= 0.3 is 0 Å². The molecule has 3 nitrogen and oxygen atoms in total. The summed E-state index contributed by atoms with van der Waals surface area (Å²) in [6, 6.07) is 2.00. The molecule has 5 heteroatoms. The van der Waals surface area contributed by atoms with Crippen molar-refractivity contribution in [2.45, 2.75) is 40.1 Å². The van der Waals surface area contributed by atoms with E-state index in [0.29, 0.717) is 22.6 Å². The van der Waals surface area contributed by atoms with Gasteiger partial charge in [0.1, 0.15) is 11.3 Å². The zero-order valence-electron chi connectivity index (χ0n) is 12.2. The lowest BCUT2D eigenvalue weighted by Crippen LogP contribution is -2.08. The Kier molecular flexibility index (Phi) is 3.18. The molecular formula is C15H19BrClN3. The highest BCUT2D eigenvalue weighted by Gasteiger charge is 2.64. The first-order valence-corrected chi connectivity index (χ1v) is 8.18. The molecule has 20 heavy (non-hydrogen) atoms. The van der Waals surface area contributed by atoms with Gasteiger partial charge in [0, 0.05) is 17.2 Å². The van der Waals surface area contributed by atoms with Crippen LogP contribution in [0.5, 0.6) is 0 Å². The molecular weight excluding hydrogens is 338 g/mol. The standard InChI is InChI=1S/C15H19BrClN3/c1-14(2)11(15(14,3)4)8-20-12(6-17)19-10-5-9(16)7-18-13(10)20/h5,7,11H,6,8H2,1-4H3. The molecule has 0 aromatic carbocycles. The maximum atomic E-state index is 6.07. The zero-order chi connectivity index (χ0) is 14.7. The Morgan fingerprint density at radius 1 is 1.30 bits per heavy atom. The first kappa shape index (κ1) is 14.3. The third kappa shape index (κ3) is 1.92. The molecule has 2 heterocycles. The first-order valence-electron chi connectivity index (χ1n) is 6.85. The number of hydrogen-bond donors (Lipinski definition) is 0. The van der Waals surface area contributed by atoms with E-state index in [1.54, 1.807) is 0 Å². The number of pyridine rings is 1. The molecule has 0 spiro atoms. The molecule has 0 unspecified atom stereocenters. The predicted molar refractivity (Wildman–Crippen MR) is 85.8 cm³/mol. The molecule has 0 N–H and O–H groups in total. The van der Waals surface area contributed by atoms with E-state index in [1.807, 2.05) is 12.3 Å². The summed E-state index contributed by atoms with van der Waals surface area (Å²) in [5.41, 5.74) is 2.54. The van der Waals surface area contributed by atoms with Crippen molar-refractivity contribution in [3.8, 4) is 0 Å². The number of hydrogen-bond acceptors (Lipinski definition) is 2. The summed E-state index contributed by atoms with van der Waals surface area (Å²) in [6.07, 6.45) is 1.82. The van der Waals surface area contributed by atoms with Crippen LogP contribution in [-0.4, -0.2) is 14.5 Å². The van der Waals surface area contributed by atoms with Crippen LogP contribution in [0.2, 0.25) is 0 Å². The number of halogens is 2. The first-order chi connectivity index (χ1) is 9.29. The zero-order valence-corrected chi connectivity index (χ0v) is 14.6. The number of aromatic nitrogens is 3. The number of nitrogens with zero attached hydrogens (tertiary/aromatic N) is 3. The fourth-order valence-electron chi connectivity index (χ4n) is 3.30. The lowest BCUT2D eigenvalue weighted by Gasteiger charge is -2.08. The van der Waals surface area contributed by atoms with Crippen molar-refractivity contribution >= 4 is 38.7 Å². The normalized spacial score (nSPS) is 20.5. The molecule has 1 aliphatic carbocycles. The predicted octanol–water partition coefficient (Wildman–Crippen LogP) is 4.61. The van der Waals surface area contributed by atoms with Crippen molar-refractivity contribution < 1.29 is 0 Å². The van der Waals surface area contributed by atoms with E-state index in [1.165, 1.54) is 0 Å². The molecule has 3 rings (SSSR count). The maximum absolute atomic E-state index is 6.07. The van der Waals surface area contributed by atoms with Crippen LogP contribution in [-0.2, 0) is 12.4 Å². The monoisotopic (exact) mass is 355 g/mol. The maximum Gasteiger partial charge on any atom is 0.160 e. The molecule has 0 bridgehead atoms. The van der Waals surface area contributed by atoms with Gasteiger partial charge in [0.2, 0.25) is 0 Å². The number of fused-ring (bicyclic) bond motifs is 1. The second-order valence-corrected chi connectivity index (χ2v) is 7.95. The van der Waals surface area contributed by atoms with Gasteiger partial charge in [-0.25, -0.2) is 9.97 Å². The van der Waals surface area contributed by atoms with Crippen molar-refractivity contribution in [3.05, 3.63) is 22.6 Å². The van der Waals surface area contributed by atoms with Gasteiger partial charge in [-0.05, 0) is 38.7 Å². The molecule has 1 aliphatic rings. The molecule has 0 amide bonds. The van der Waals surface area contributed by atoms with E-state index in [2.05, 4.69) is 58.2 Å². The third-order valence-electron chi connectivity index (χ3n) is 5.43. The smallest absolute Gasteiger partial charge is 0.160 e. The summed E-state index contributed by atoms with van der Waals surface area (Å²) < 4.78 is 3.14. The van der Waals surface area contributed by atoms with Crippen LogP contribution in [0.3, 0.4) is 0 Å². The average Bonchev–Trinajstić information content (AvgIpc) is 2.69. The molecule has 2 aromatic rings. The van der Waals surface area contributed by atoms with Crippen molar-refractivity contribution in [3.63, 3.8) is 0 Å². The van der Waals surface area contributed by atoms with E-state index >= 15 is 0 Å². The van der Waals surface area contributed by atoms with Crippen LogP contribution in [0.4, 0.5) is 0 Å². The molecule has 2 aromatic heterocycles. The molecule has 1 fully saturated rings. The van der Waals surface area contributed by atoms with Crippen molar-refractivity contribution in [2.75, 3.05) is 0 Å². The SMILES string of the molecule is CC1(C)C(Cn2c(CCl)nc3cc(Br)cnc32)C1(C)C. The van der Waals surface area contributed by atoms with E-state index in [-0.39, 0.29) is 0 Å². The molecule has 0 radical (unpaired) electrons. The Labute approximate surface area is 132 Å². The van der Waals surface area contributed by atoms with E-state index in [9.17, 15) is 0 Å². The minimum absolute atomic E-state index is 0.350. The van der Waals surface area contributed by atoms with Gasteiger partial charge in [-0.1, -0.05) is 27.7 Å². The van der Waals surface area contributed by atoms with Gasteiger partial charge in [0.25, 0.3) is 0 Å². The third-order valence-corrected chi connectivity index (χ3v) is 6.11. The summed E-state index contributed by atoms with van der Waals surface area (Å²) in [4.78, 5) is 9.13. The van der Waals surface area contributed by atoms with Crippen LogP contribution < -0.4 is 0 Å². The van der Waals surface area contributed by atoms with Crippen LogP contribution in [0, 0.1) is 16.7 Å². The second-order valence-electron chi connectivity index (χ2n) is 6.76. The Morgan fingerprint density at radius 3 is 2.50 bits per heavy atom. The van der Waals surface area contributed by atoms with Gasteiger partial charge in [0.15, 0.2) is 5.65 Å². The highest BCUT2D eigenvalue weighted by atomic mass is 79.9. The fraction of sp³-hybridized carbons (Fsp3) is 0.600. The van der Waals surface area contributed by atoms with Crippen molar-refractivity contribution in [1.29, 1.82) is 0 Å². The molecule has 0 atom stereocenters. The fourth-order valence-corrected chi connectivity index (χ4v) is 3.82. The Balaban J connectivity index is 2.03. The van der Waals surface area contributed by atoms with Crippen LogP contribution in [0.25, 0.3) is 11.2 Å². The summed E-state index contributed by atoms with van der Waals surface area (Å²) in [7, 11) is 0. The van der Waals surface area contributed by atoms with Crippen LogP contribution >= 0.6 is 27.5 Å². The second kappa shape index (κ2) is 4.44. The number of rotatable bonds is 3. The van der Waals surface area contributed by atoms with E-state index in [4.69, 9.17) is 11.6 Å². The average molecular weight is 357 g/mol. The van der Waals surface area contributed by atoms with Gasteiger partial charge in [-0.2, -0.15) is 0 Å². The molecule has 0 aliphatic heterocycles. The molecule has 1 saturated carbocycles. The largest absolute Gasteiger partial charge is 0.311 e. The van der Waals surface area contributed by atoms with Crippen LogP contribution in [0.15, 0.2) is 16.7 Å². The number of imidazole rings is 1. The quantitative estimate of drug-likeness (QED) is 0.752. The van der Waals surface area contributed by atoms with Crippen molar-refractivity contribution in [2.24, 2.45) is 16.7 Å². The van der Waals surface area contributed by atoms with Gasteiger partial charge < -0.3 is 4.57 Å². The highest BCUT2D eigenvalue weighted by molar-refractivity contribution is 9.10. The summed E-state index contributed by atoms with van der Waals surface area (Å²) in [6.45, 7) is 10.3. The lowest BCUT2D eigenvalue weighted by atomic mass is 10.0. The Bertz CT molecular complexity index is 661. The van der Waals surface area contributed by atoms with Crippen LogP contribution in [0.1, 0.15) is 33.5 Å². The van der Waals surface area contributed by atoms with Gasteiger partial charge in [-0.15, -0.1) is 11.6 Å². The topological polar surface area (TPSA) is 30.7 Å². The van der Waals surface area contributed by atoms with Gasteiger partial charge in [0.05, 0.1) is 5.88 Å². The minimum Gasteiger partial charge on any atom is -0.311 e. The Morgan fingerprint density at radius 2 is 1.95 bits per heavy atom. The Hall–Kier alpha value is -0.610.